The minimum atomic E-state index is -0.674. The van der Waals surface area contributed by atoms with Gasteiger partial charge in [0, 0.05) is 44.2 Å². The van der Waals surface area contributed by atoms with Crippen LogP contribution < -0.4 is 10.6 Å². The molecule has 3 heterocycles. The van der Waals surface area contributed by atoms with E-state index >= 15 is 0 Å². The van der Waals surface area contributed by atoms with E-state index in [1.54, 1.807) is 17.3 Å². The van der Waals surface area contributed by atoms with Gasteiger partial charge >= 0.3 is 0 Å². The van der Waals surface area contributed by atoms with Crippen molar-refractivity contribution in [2.75, 3.05) is 25.5 Å². The van der Waals surface area contributed by atoms with Crippen molar-refractivity contribution in [2.45, 2.75) is 19.0 Å². The molecule has 0 aliphatic carbocycles. The molecule has 1 amide bonds. The average molecular weight is 388 g/mol. The third kappa shape index (κ3) is 3.82. The first-order valence-electron chi connectivity index (χ1n) is 9.61. The van der Waals surface area contributed by atoms with Crippen LogP contribution in [0, 0.1) is 0 Å². The maximum Gasteiger partial charge on any atom is 0.244 e. The van der Waals surface area contributed by atoms with Crippen LogP contribution in [0.3, 0.4) is 0 Å². The smallest absolute Gasteiger partial charge is 0.244 e. The molecular weight excluding hydrogens is 364 g/mol. The lowest BCUT2D eigenvalue weighted by Crippen LogP contribution is -2.42. The van der Waals surface area contributed by atoms with Gasteiger partial charge in [0.1, 0.15) is 11.9 Å². The SMILES string of the molecule is CN(C)c1nc(-c2ccncc2)nc2c1CCN(C(=O)[C@@H](N)c1ccccc1)C2. The number of carbonyl (C=O) groups excluding carboxylic acids is 1. The van der Waals surface area contributed by atoms with Gasteiger partial charge in [0.05, 0.1) is 12.2 Å². The Bertz CT molecular complexity index is 1010. The number of fused-ring (bicyclic) bond motifs is 1. The largest absolute Gasteiger partial charge is 0.362 e. The van der Waals surface area contributed by atoms with Crippen LogP contribution in [-0.2, 0) is 17.8 Å². The second-order valence-electron chi connectivity index (χ2n) is 7.32. The highest BCUT2D eigenvalue weighted by atomic mass is 16.2. The van der Waals surface area contributed by atoms with Crippen LogP contribution in [0.15, 0.2) is 54.9 Å². The van der Waals surface area contributed by atoms with E-state index in [1.807, 2.05) is 61.5 Å². The summed E-state index contributed by atoms with van der Waals surface area (Å²) in [4.78, 5) is 30.4. The lowest BCUT2D eigenvalue weighted by atomic mass is 10.0. The van der Waals surface area contributed by atoms with Crippen molar-refractivity contribution in [3.8, 4) is 11.4 Å². The maximum atomic E-state index is 13.0. The molecule has 0 saturated heterocycles. The molecule has 0 spiro atoms. The quantitative estimate of drug-likeness (QED) is 0.737. The standard InChI is InChI=1S/C22H24N6O/c1-27(2)21-17-10-13-28(22(29)19(23)15-6-4-3-5-7-15)14-18(17)25-20(26-21)16-8-11-24-12-9-16/h3-9,11-12,19H,10,13-14,23H2,1-2H3/t19-/m0/s1. The first kappa shape index (κ1) is 19.0. The molecule has 0 radical (unpaired) electrons. The van der Waals surface area contributed by atoms with Crippen LogP contribution in [0.2, 0.25) is 0 Å². The third-order valence-electron chi connectivity index (χ3n) is 5.14. The molecular formula is C22H24N6O. The highest BCUT2D eigenvalue weighted by molar-refractivity contribution is 5.83. The molecule has 2 aromatic heterocycles. The highest BCUT2D eigenvalue weighted by Crippen LogP contribution is 2.29. The van der Waals surface area contributed by atoms with E-state index in [4.69, 9.17) is 15.7 Å². The molecule has 0 saturated carbocycles. The zero-order valence-electron chi connectivity index (χ0n) is 16.6. The van der Waals surface area contributed by atoms with Crippen molar-refractivity contribution in [3.05, 3.63) is 71.7 Å². The highest BCUT2D eigenvalue weighted by Gasteiger charge is 2.29. The fourth-order valence-corrected chi connectivity index (χ4v) is 3.60. The minimum Gasteiger partial charge on any atom is -0.362 e. The van der Waals surface area contributed by atoms with Gasteiger partial charge in [-0.05, 0) is 24.1 Å². The Kier molecular flexibility index (Phi) is 5.22. The average Bonchev–Trinajstić information content (AvgIpc) is 2.78. The summed E-state index contributed by atoms with van der Waals surface area (Å²) in [6.45, 7) is 1.03. The number of rotatable bonds is 4. The predicted molar refractivity (Wildman–Crippen MR) is 112 cm³/mol. The zero-order valence-corrected chi connectivity index (χ0v) is 16.6. The van der Waals surface area contributed by atoms with Crippen LogP contribution in [0.4, 0.5) is 5.82 Å². The molecule has 0 unspecified atom stereocenters. The fourth-order valence-electron chi connectivity index (χ4n) is 3.60. The number of amides is 1. The van der Waals surface area contributed by atoms with Crippen molar-refractivity contribution < 1.29 is 4.79 Å². The Morgan fingerprint density at radius 2 is 1.83 bits per heavy atom. The summed E-state index contributed by atoms with van der Waals surface area (Å²) < 4.78 is 0. The Balaban J connectivity index is 1.66. The molecule has 1 atom stereocenters. The number of benzene rings is 1. The van der Waals surface area contributed by atoms with Crippen LogP contribution in [0.1, 0.15) is 22.9 Å². The summed E-state index contributed by atoms with van der Waals surface area (Å²) >= 11 is 0. The third-order valence-corrected chi connectivity index (χ3v) is 5.14. The number of nitrogens with two attached hydrogens (primary N) is 1. The number of anilines is 1. The van der Waals surface area contributed by atoms with Gasteiger partial charge in [0.25, 0.3) is 0 Å². The first-order chi connectivity index (χ1) is 14.0. The van der Waals surface area contributed by atoms with Gasteiger partial charge < -0.3 is 15.5 Å². The van der Waals surface area contributed by atoms with E-state index in [0.717, 1.165) is 28.2 Å². The van der Waals surface area contributed by atoms with Gasteiger partial charge in [0.15, 0.2) is 5.82 Å². The van der Waals surface area contributed by atoms with Gasteiger partial charge in [-0.3, -0.25) is 9.78 Å². The maximum absolute atomic E-state index is 13.0. The molecule has 148 valence electrons. The van der Waals surface area contributed by atoms with Crippen molar-refractivity contribution in [1.82, 2.24) is 19.9 Å². The van der Waals surface area contributed by atoms with Crippen LogP contribution >= 0.6 is 0 Å². The summed E-state index contributed by atoms with van der Waals surface area (Å²) in [7, 11) is 3.95. The molecule has 0 bridgehead atoms. The second-order valence-corrected chi connectivity index (χ2v) is 7.32. The summed E-state index contributed by atoms with van der Waals surface area (Å²) in [6, 6.07) is 12.6. The number of hydrogen-bond donors (Lipinski definition) is 1. The Morgan fingerprint density at radius 1 is 1.10 bits per heavy atom. The molecule has 1 aliphatic rings. The summed E-state index contributed by atoms with van der Waals surface area (Å²) in [6.07, 6.45) is 4.15. The normalized spacial score (nSPS) is 14.2. The Labute approximate surface area is 170 Å². The number of aromatic nitrogens is 3. The predicted octanol–water partition coefficient (Wildman–Crippen LogP) is 2.19. The Morgan fingerprint density at radius 3 is 2.52 bits per heavy atom. The molecule has 1 aliphatic heterocycles. The van der Waals surface area contributed by atoms with Crippen molar-refractivity contribution in [3.63, 3.8) is 0 Å². The van der Waals surface area contributed by atoms with Crippen LogP contribution in [0.5, 0.6) is 0 Å². The molecule has 1 aromatic carbocycles. The topological polar surface area (TPSA) is 88.2 Å². The molecule has 7 nitrogen and oxygen atoms in total. The molecule has 4 rings (SSSR count). The van der Waals surface area contributed by atoms with Crippen molar-refractivity contribution in [2.24, 2.45) is 5.73 Å². The molecule has 7 heteroatoms. The van der Waals surface area contributed by atoms with E-state index in [-0.39, 0.29) is 5.91 Å². The first-order valence-corrected chi connectivity index (χ1v) is 9.61. The summed E-state index contributed by atoms with van der Waals surface area (Å²) in [5, 5.41) is 0. The summed E-state index contributed by atoms with van der Waals surface area (Å²) in [5.74, 6) is 1.44. The number of nitrogens with zero attached hydrogens (tertiary/aromatic N) is 5. The van der Waals surface area contributed by atoms with E-state index < -0.39 is 6.04 Å². The van der Waals surface area contributed by atoms with Gasteiger partial charge in [-0.25, -0.2) is 9.97 Å². The Hall–Kier alpha value is -3.32. The molecule has 0 fully saturated rings. The van der Waals surface area contributed by atoms with Gasteiger partial charge in [0.2, 0.25) is 5.91 Å². The second kappa shape index (κ2) is 7.97. The van der Waals surface area contributed by atoms with Crippen LogP contribution in [-0.4, -0.2) is 46.4 Å². The van der Waals surface area contributed by atoms with E-state index in [9.17, 15) is 4.79 Å². The molecule has 2 N–H and O–H groups in total. The molecule has 3 aromatic rings. The lowest BCUT2D eigenvalue weighted by molar-refractivity contribution is -0.133. The number of hydrogen-bond acceptors (Lipinski definition) is 6. The minimum absolute atomic E-state index is 0.0858. The number of carbonyl (C=O) groups is 1. The van der Waals surface area contributed by atoms with E-state index in [0.29, 0.717) is 25.3 Å². The van der Waals surface area contributed by atoms with Crippen LogP contribution in [0.25, 0.3) is 11.4 Å². The van der Waals surface area contributed by atoms with E-state index in [2.05, 4.69) is 4.98 Å². The van der Waals surface area contributed by atoms with Crippen molar-refractivity contribution in [1.29, 1.82) is 0 Å². The fraction of sp³-hybridized carbons (Fsp3) is 0.273. The van der Waals surface area contributed by atoms with Gasteiger partial charge in [-0.1, -0.05) is 30.3 Å². The monoisotopic (exact) mass is 388 g/mol. The number of pyridine rings is 1. The lowest BCUT2D eigenvalue weighted by Gasteiger charge is -2.32. The summed E-state index contributed by atoms with van der Waals surface area (Å²) in [5.41, 5.74) is 9.92. The van der Waals surface area contributed by atoms with Gasteiger partial charge in [-0.2, -0.15) is 0 Å². The van der Waals surface area contributed by atoms with E-state index in [1.165, 1.54) is 0 Å². The van der Waals surface area contributed by atoms with Gasteiger partial charge in [-0.15, -0.1) is 0 Å². The van der Waals surface area contributed by atoms with Crippen molar-refractivity contribution >= 4 is 11.7 Å². The zero-order chi connectivity index (χ0) is 20.4. The molecule has 29 heavy (non-hydrogen) atoms.